The fourth-order valence-electron chi connectivity index (χ4n) is 0.512. The summed E-state index contributed by atoms with van der Waals surface area (Å²) in [6.45, 7) is -0.250. The van der Waals surface area contributed by atoms with Crippen LogP contribution in [0.25, 0.3) is 0 Å². The average molecular weight is 172 g/mol. The van der Waals surface area contributed by atoms with Gasteiger partial charge in [0.15, 0.2) is 11.5 Å². The van der Waals surface area contributed by atoms with Crippen molar-refractivity contribution in [1.82, 2.24) is 0 Å². The summed E-state index contributed by atoms with van der Waals surface area (Å²) in [6, 6.07) is 3.56. The number of phenols is 3. The molecule has 0 aliphatic rings. The summed E-state index contributed by atoms with van der Waals surface area (Å²) in [6.07, 6.45) is 0. The molecule has 1 aromatic carbocycles. The summed E-state index contributed by atoms with van der Waals surface area (Å²) < 4.78 is 0. The molecule has 0 amide bonds. The molecule has 0 fully saturated rings. The van der Waals surface area contributed by atoms with Crippen LogP contribution in [-0.4, -0.2) is 26.9 Å². The maximum atomic E-state index is 8.69. The van der Waals surface area contributed by atoms with E-state index < -0.39 is 0 Å². The van der Waals surface area contributed by atoms with Crippen molar-refractivity contribution in [3.63, 3.8) is 0 Å². The molecule has 0 heterocycles. The van der Waals surface area contributed by atoms with E-state index in [1.54, 1.807) is 0 Å². The average Bonchev–Trinajstić information content (AvgIpc) is 1.99. The Balaban J connectivity index is 0.000000354. The Morgan fingerprint density at radius 1 is 1.08 bits per heavy atom. The van der Waals surface area contributed by atoms with Gasteiger partial charge in [0.1, 0.15) is 5.75 Å². The summed E-state index contributed by atoms with van der Waals surface area (Å²) in [5, 5.41) is 32.9. The zero-order valence-electron chi connectivity index (χ0n) is 6.01. The van der Waals surface area contributed by atoms with Gasteiger partial charge in [-0.2, -0.15) is 0 Å². The molecule has 0 atom stereocenters. The van der Waals surface area contributed by atoms with Crippen molar-refractivity contribution in [2.75, 3.05) is 0 Å². The lowest BCUT2D eigenvalue weighted by atomic mass is 10.3. The van der Waals surface area contributed by atoms with Crippen LogP contribution >= 0.6 is 0 Å². The molecule has 0 radical (unpaired) electrons. The number of hydrogen-bond acceptors (Lipinski definition) is 4. The molecule has 0 unspecified atom stereocenters. The molecule has 1 aromatic rings. The molecule has 4 N–H and O–H groups in total. The standard InChI is InChI=1S/C6H6O3.CH2O2/c7-4-1-2-5(8)6(9)3-4;2-1-3/h1-3,7-9H;1H,(H,2,3). The van der Waals surface area contributed by atoms with Crippen molar-refractivity contribution in [2.24, 2.45) is 0 Å². The Labute approximate surface area is 68.1 Å². The van der Waals surface area contributed by atoms with Crippen LogP contribution in [-0.2, 0) is 4.79 Å². The molecule has 5 heteroatoms. The lowest BCUT2D eigenvalue weighted by Gasteiger charge is -1.95. The minimum atomic E-state index is -0.310. The molecule has 0 aliphatic heterocycles. The number of carbonyl (C=O) groups is 1. The van der Waals surface area contributed by atoms with Crippen LogP contribution in [0, 0.1) is 0 Å². The van der Waals surface area contributed by atoms with Crippen LogP contribution < -0.4 is 0 Å². The number of rotatable bonds is 0. The highest BCUT2D eigenvalue weighted by Gasteiger charge is 1.96. The molecule has 5 nitrogen and oxygen atoms in total. The van der Waals surface area contributed by atoms with Gasteiger partial charge in [-0.05, 0) is 12.1 Å². The van der Waals surface area contributed by atoms with Gasteiger partial charge in [0.2, 0.25) is 0 Å². The van der Waals surface area contributed by atoms with Gasteiger partial charge in [0.25, 0.3) is 6.47 Å². The summed E-state index contributed by atoms with van der Waals surface area (Å²) in [5.41, 5.74) is 0. The van der Waals surface area contributed by atoms with E-state index in [2.05, 4.69) is 0 Å². The van der Waals surface area contributed by atoms with E-state index in [4.69, 9.17) is 25.2 Å². The lowest BCUT2D eigenvalue weighted by Crippen LogP contribution is -1.66. The van der Waals surface area contributed by atoms with Crippen molar-refractivity contribution in [3.05, 3.63) is 18.2 Å². The van der Waals surface area contributed by atoms with Crippen molar-refractivity contribution in [3.8, 4) is 17.2 Å². The van der Waals surface area contributed by atoms with Gasteiger partial charge < -0.3 is 20.4 Å². The minimum absolute atomic E-state index is 0.0645. The van der Waals surface area contributed by atoms with Gasteiger partial charge in [-0.15, -0.1) is 0 Å². The Morgan fingerprint density at radius 3 is 1.92 bits per heavy atom. The molecule has 1 rings (SSSR count). The fraction of sp³-hybridized carbons (Fsp3) is 0. The van der Waals surface area contributed by atoms with E-state index in [1.807, 2.05) is 0 Å². The Kier molecular flexibility index (Phi) is 4.07. The van der Waals surface area contributed by atoms with Gasteiger partial charge in [0, 0.05) is 6.07 Å². The molecule has 0 bridgehead atoms. The molecule has 66 valence electrons. The van der Waals surface area contributed by atoms with Crippen molar-refractivity contribution in [1.29, 1.82) is 0 Å². The second-order valence-electron chi connectivity index (χ2n) is 1.78. The minimum Gasteiger partial charge on any atom is -0.508 e. The van der Waals surface area contributed by atoms with Gasteiger partial charge in [-0.1, -0.05) is 0 Å². The van der Waals surface area contributed by atoms with Crippen LogP contribution in [0.2, 0.25) is 0 Å². The first kappa shape index (κ1) is 10.1. The predicted octanol–water partition coefficient (Wildman–Crippen LogP) is 0.504. The van der Waals surface area contributed by atoms with Crippen molar-refractivity contribution >= 4 is 6.47 Å². The Bertz CT molecular complexity index is 258. The van der Waals surface area contributed by atoms with Gasteiger partial charge in [-0.25, -0.2) is 0 Å². The number of hydrogen-bond donors (Lipinski definition) is 4. The van der Waals surface area contributed by atoms with Gasteiger partial charge in [0.05, 0.1) is 0 Å². The van der Waals surface area contributed by atoms with E-state index in [1.165, 1.54) is 12.1 Å². The maximum absolute atomic E-state index is 8.69. The summed E-state index contributed by atoms with van der Waals surface area (Å²) >= 11 is 0. The summed E-state index contributed by atoms with van der Waals surface area (Å²) in [7, 11) is 0. The Hall–Kier alpha value is -1.91. The highest BCUT2D eigenvalue weighted by molar-refractivity contribution is 5.42. The van der Waals surface area contributed by atoms with E-state index >= 15 is 0 Å². The van der Waals surface area contributed by atoms with E-state index in [9.17, 15) is 0 Å². The monoisotopic (exact) mass is 172 g/mol. The molecule has 12 heavy (non-hydrogen) atoms. The largest absolute Gasteiger partial charge is 0.508 e. The van der Waals surface area contributed by atoms with E-state index in [0.29, 0.717) is 0 Å². The highest BCUT2D eigenvalue weighted by Crippen LogP contribution is 2.27. The number of phenolic OH excluding ortho intramolecular Hbond substituents is 3. The topological polar surface area (TPSA) is 98.0 Å². The van der Waals surface area contributed by atoms with E-state index in [-0.39, 0.29) is 23.7 Å². The predicted molar refractivity (Wildman–Crippen MR) is 40.1 cm³/mol. The molecule has 0 aromatic heterocycles. The van der Waals surface area contributed by atoms with Crippen LogP contribution in [0.15, 0.2) is 18.2 Å². The van der Waals surface area contributed by atoms with Crippen LogP contribution in [0.3, 0.4) is 0 Å². The first-order valence-corrected chi connectivity index (χ1v) is 2.90. The van der Waals surface area contributed by atoms with E-state index in [0.717, 1.165) is 6.07 Å². The number of aromatic hydroxyl groups is 3. The molecule has 0 saturated heterocycles. The Morgan fingerprint density at radius 2 is 1.58 bits per heavy atom. The second-order valence-corrected chi connectivity index (χ2v) is 1.78. The van der Waals surface area contributed by atoms with Crippen molar-refractivity contribution in [2.45, 2.75) is 0 Å². The summed E-state index contributed by atoms with van der Waals surface area (Å²) in [5.74, 6) is -0.604. The molecular formula is C7H8O5. The first-order chi connectivity index (χ1) is 5.61. The lowest BCUT2D eigenvalue weighted by molar-refractivity contribution is -0.122. The quantitative estimate of drug-likeness (QED) is 0.259. The highest BCUT2D eigenvalue weighted by atomic mass is 16.3. The number of carboxylic acid groups (broad SMARTS) is 1. The smallest absolute Gasteiger partial charge is 0.290 e. The first-order valence-electron chi connectivity index (χ1n) is 2.90. The zero-order chi connectivity index (χ0) is 9.56. The van der Waals surface area contributed by atoms with Crippen LogP contribution in [0.4, 0.5) is 0 Å². The van der Waals surface area contributed by atoms with Crippen LogP contribution in [0.5, 0.6) is 17.2 Å². The van der Waals surface area contributed by atoms with Crippen molar-refractivity contribution < 1.29 is 25.2 Å². The molecule has 0 saturated carbocycles. The maximum Gasteiger partial charge on any atom is 0.290 e. The third kappa shape index (κ3) is 3.31. The second kappa shape index (κ2) is 4.84. The zero-order valence-corrected chi connectivity index (χ0v) is 6.01. The summed E-state index contributed by atoms with van der Waals surface area (Å²) in [4.78, 5) is 8.36. The normalized spacial score (nSPS) is 8.00. The SMILES string of the molecule is O=CO.Oc1ccc(O)c(O)c1. The van der Waals surface area contributed by atoms with Gasteiger partial charge >= 0.3 is 0 Å². The fourth-order valence-corrected chi connectivity index (χ4v) is 0.512. The van der Waals surface area contributed by atoms with Crippen LogP contribution in [0.1, 0.15) is 0 Å². The third-order valence-electron chi connectivity index (χ3n) is 0.959. The van der Waals surface area contributed by atoms with Gasteiger partial charge in [-0.3, -0.25) is 4.79 Å². The molecule has 0 spiro atoms. The molecule has 0 aliphatic carbocycles. The molecular weight excluding hydrogens is 164 g/mol. The third-order valence-corrected chi connectivity index (χ3v) is 0.959. The number of benzene rings is 1.